The second kappa shape index (κ2) is 8.97. The molecule has 0 unspecified atom stereocenters. The van der Waals surface area contributed by atoms with Gasteiger partial charge in [0.25, 0.3) is 0 Å². The van der Waals surface area contributed by atoms with Crippen LogP contribution in [0.3, 0.4) is 0 Å². The normalized spacial score (nSPS) is 12.2. The van der Waals surface area contributed by atoms with Gasteiger partial charge in [-0.2, -0.15) is 0 Å². The summed E-state index contributed by atoms with van der Waals surface area (Å²) in [6.45, 7) is 0.592. The van der Waals surface area contributed by atoms with Crippen LogP contribution in [0.1, 0.15) is 5.76 Å². The molecule has 2 aromatic carbocycles. The van der Waals surface area contributed by atoms with Crippen LogP contribution in [0.2, 0.25) is 5.02 Å². The first-order valence-electron chi connectivity index (χ1n) is 9.70. The van der Waals surface area contributed by atoms with E-state index in [-0.39, 0.29) is 18.5 Å². The quantitative estimate of drug-likeness (QED) is 0.393. The predicted octanol–water partition coefficient (Wildman–Crippen LogP) is 4.70. The Labute approximate surface area is 192 Å². The van der Waals surface area contributed by atoms with Gasteiger partial charge in [0.2, 0.25) is 12.7 Å². The number of hydrogen-bond acceptors (Lipinski definition) is 7. The summed E-state index contributed by atoms with van der Waals surface area (Å²) in [4.78, 5) is 12.5. The Bertz CT molecular complexity index is 1260. The Kier molecular flexibility index (Phi) is 5.74. The van der Waals surface area contributed by atoms with Crippen LogP contribution in [0.25, 0.3) is 11.4 Å². The number of carbonyl (C=O) groups excluding carboxylic acids is 1. The van der Waals surface area contributed by atoms with Gasteiger partial charge in [-0.05, 0) is 36.4 Å². The van der Waals surface area contributed by atoms with Crippen molar-refractivity contribution >= 4 is 35.0 Å². The molecular formula is C22H17ClN4O4S. The maximum absolute atomic E-state index is 12.5. The third-order valence-electron chi connectivity index (χ3n) is 4.71. The van der Waals surface area contributed by atoms with Gasteiger partial charge >= 0.3 is 0 Å². The maximum Gasteiger partial charge on any atom is 0.234 e. The van der Waals surface area contributed by atoms with Crippen molar-refractivity contribution in [2.24, 2.45) is 0 Å². The molecule has 0 aliphatic carbocycles. The van der Waals surface area contributed by atoms with Crippen molar-refractivity contribution < 1.29 is 18.7 Å². The summed E-state index contributed by atoms with van der Waals surface area (Å²) in [7, 11) is 0. The molecule has 4 aromatic rings. The highest BCUT2D eigenvalue weighted by Crippen LogP contribution is 2.34. The zero-order chi connectivity index (χ0) is 21.9. The van der Waals surface area contributed by atoms with Crippen molar-refractivity contribution in [3.63, 3.8) is 0 Å². The summed E-state index contributed by atoms with van der Waals surface area (Å²) < 4.78 is 18.0. The third-order valence-corrected chi connectivity index (χ3v) is 6.01. The van der Waals surface area contributed by atoms with E-state index in [9.17, 15) is 4.79 Å². The SMILES string of the molecule is O=C(CSc1nnc(-c2ccccc2Cl)n1Cc1ccco1)Nc1ccc2c(c1)OCO2. The summed E-state index contributed by atoms with van der Waals surface area (Å²) in [5.74, 6) is 2.58. The first-order valence-corrected chi connectivity index (χ1v) is 11.1. The Morgan fingerprint density at radius 3 is 2.81 bits per heavy atom. The van der Waals surface area contributed by atoms with Crippen LogP contribution in [-0.4, -0.2) is 33.2 Å². The van der Waals surface area contributed by atoms with Gasteiger partial charge < -0.3 is 19.2 Å². The van der Waals surface area contributed by atoms with Crippen LogP contribution in [0.5, 0.6) is 11.5 Å². The van der Waals surface area contributed by atoms with Crippen LogP contribution in [0, 0.1) is 0 Å². The van der Waals surface area contributed by atoms with E-state index < -0.39 is 0 Å². The van der Waals surface area contributed by atoms with Crippen molar-refractivity contribution in [2.45, 2.75) is 11.7 Å². The molecule has 1 N–H and O–H groups in total. The van der Waals surface area contributed by atoms with Gasteiger partial charge in [-0.15, -0.1) is 10.2 Å². The molecule has 2 aromatic heterocycles. The number of benzene rings is 2. The minimum Gasteiger partial charge on any atom is -0.467 e. The number of thioether (sulfide) groups is 1. The van der Waals surface area contributed by atoms with E-state index in [0.29, 0.717) is 39.7 Å². The number of carbonyl (C=O) groups is 1. The van der Waals surface area contributed by atoms with Crippen molar-refractivity contribution in [3.8, 4) is 22.9 Å². The highest BCUT2D eigenvalue weighted by Gasteiger charge is 2.19. The Balaban J connectivity index is 1.34. The molecule has 0 fully saturated rings. The monoisotopic (exact) mass is 468 g/mol. The van der Waals surface area contributed by atoms with Gasteiger partial charge in [0.15, 0.2) is 22.5 Å². The number of halogens is 1. The lowest BCUT2D eigenvalue weighted by molar-refractivity contribution is -0.113. The molecule has 0 radical (unpaired) electrons. The van der Waals surface area contributed by atoms with E-state index in [2.05, 4.69) is 15.5 Å². The maximum atomic E-state index is 12.5. The van der Waals surface area contributed by atoms with Gasteiger partial charge in [0.1, 0.15) is 5.76 Å². The number of fused-ring (bicyclic) bond motifs is 1. The zero-order valence-corrected chi connectivity index (χ0v) is 18.2. The minimum absolute atomic E-state index is 0.146. The number of aromatic nitrogens is 3. The molecule has 1 aliphatic rings. The number of nitrogens with zero attached hydrogens (tertiary/aromatic N) is 3. The Hall–Kier alpha value is -3.43. The lowest BCUT2D eigenvalue weighted by Gasteiger charge is -2.10. The minimum atomic E-state index is -0.180. The average molecular weight is 469 g/mol. The first kappa shape index (κ1) is 20.5. The van der Waals surface area contributed by atoms with E-state index in [1.165, 1.54) is 11.8 Å². The molecule has 0 atom stereocenters. The lowest BCUT2D eigenvalue weighted by atomic mass is 10.2. The molecule has 32 heavy (non-hydrogen) atoms. The molecule has 0 spiro atoms. The number of furan rings is 1. The fourth-order valence-electron chi connectivity index (χ4n) is 3.24. The van der Waals surface area contributed by atoms with Gasteiger partial charge in [-0.1, -0.05) is 35.5 Å². The van der Waals surface area contributed by atoms with Gasteiger partial charge in [-0.25, -0.2) is 0 Å². The molecule has 0 bridgehead atoms. The zero-order valence-electron chi connectivity index (χ0n) is 16.7. The second-order valence-electron chi connectivity index (χ2n) is 6.86. The summed E-state index contributed by atoms with van der Waals surface area (Å²) >= 11 is 7.66. The topological polar surface area (TPSA) is 91.4 Å². The van der Waals surface area contributed by atoms with E-state index in [0.717, 1.165) is 11.3 Å². The standard InChI is InChI=1S/C22H17ClN4O4S/c23-17-6-2-1-5-16(17)21-25-26-22(27(21)11-15-4-3-9-29-15)32-12-20(28)24-14-7-8-18-19(10-14)31-13-30-18/h1-10H,11-13H2,(H,24,28). The number of rotatable bonds is 7. The second-order valence-corrected chi connectivity index (χ2v) is 8.21. The highest BCUT2D eigenvalue weighted by molar-refractivity contribution is 7.99. The van der Waals surface area contributed by atoms with Gasteiger partial charge in [-0.3, -0.25) is 9.36 Å². The van der Waals surface area contributed by atoms with Crippen molar-refractivity contribution in [1.82, 2.24) is 14.8 Å². The fourth-order valence-corrected chi connectivity index (χ4v) is 4.20. The van der Waals surface area contributed by atoms with Crippen LogP contribution in [-0.2, 0) is 11.3 Å². The molecule has 1 aliphatic heterocycles. The molecule has 162 valence electrons. The number of nitrogens with one attached hydrogen (secondary N) is 1. The van der Waals surface area contributed by atoms with Crippen LogP contribution >= 0.6 is 23.4 Å². The number of anilines is 1. The molecule has 0 saturated carbocycles. The molecule has 10 heteroatoms. The molecule has 3 heterocycles. The van der Waals surface area contributed by atoms with Crippen molar-refractivity contribution in [3.05, 3.63) is 71.6 Å². The van der Waals surface area contributed by atoms with Crippen LogP contribution in [0.15, 0.2) is 70.4 Å². The van der Waals surface area contributed by atoms with Gasteiger partial charge in [0.05, 0.1) is 23.6 Å². The highest BCUT2D eigenvalue weighted by atomic mass is 35.5. The molecule has 1 amide bonds. The van der Waals surface area contributed by atoms with Crippen LogP contribution in [0.4, 0.5) is 5.69 Å². The number of hydrogen-bond donors (Lipinski definition) is 1. The molecular weight excluding hydrogens is 452 g/mol. The molecule has 5 rings (SSSR count). The van der Waals surface area contributed by atoms with Crippen LogP contribution < -0.4 is 14.8 Å². The Morgan fingerprint density at radius 1 is 1.09 bits per heavy atom. The number of amides is 1. The summed E-state index contributed by atoms with van der Waals surface area (Å²) in [5.41, 5.74) is 1.39. The summed E-state index contributed by atoms with van der Waals surface area (Å²) in [6.07, 6.45) is 1.61. The van der Waals surface area contributed by atoms with Crippen molar-refractivity contribution in [1.29, 1.82) is 0 Å². The predicted molar refractivity (Wildman–Crippen MR) is 120 cm³/mol. The smallest absolute Gasteiger partial charge is 0.234 e. The summed E-state index contributed by atoms with van der Waals surface area (Å²) in [6, 6.07) is 16.4. The largest absolute Gasteiger partial charge is 0.467 e. The average Bonchev–Trinajstić information content (AvgIpc) is 3.54. The van der Waals surface area contributed by atoms with E-state index >= 15 is 0 Å². The fraction of sp³-hybridized carbons (Fsp3) is 0.136. The van der Waals surface area contributed by atoms with Crippen molar-refractivity contribution in [2.75, 3.05) is 17.9 Å². The van der Waals surface area contributed by atoms with Gasteiger partial charge in [0, 0.05) is 17.3 Å². The van der Waals surface area contributed by atoms with E-state index in [1.807, 2.05) is 34.9 Å². The summed E-state index contributed by atoms with van der Waals surface area (Å²) in [5, 5.41) is 12.6. The third kappa shape index (κ3) is 4.30. The Morgan fingerprint density at radius 2 is 1.97 bits per heavy atom. The molecule has 8 nitrogen and oxygen atoms in total. The van der Waals surface area contributed by atoms with E-state index in [1.54, 1.807) is 30.5 Å². The number of ether oxygens (including phenoxy) is 2. The molecule has 0 saturated heterocycles. The van der Waals surface area contributed by atoms with E-state index in [4.69, 9.17) is 25.5 Å². The first-order chi connectivity index (χ1) is 15.7. The lowest BCUT2D eigenvalue weighted by Crippen LogP contribution is -2.14.